The van der Waals surface area contributed by atoms with Crippen molar-refractivity contribution in [2.75, 3.05) is 4.90 Å². The smallest absolute Gasteiger partial charge is 0.0468 e. The molecule has 6 aromatic rings. The number of hydrogen-bond acceptors (Lipinski definition) is 2. The van der Waals surface area contributed by atoms with Crippen molar-refractivity contribution in [3.63, 3.8) is 0 Å². The van der Waals surface area contributed by atoms with E-state index in [4.69, 9.17) is 0 Å². The van der Waals surface area contributed by atoms with Crippen LogP contribution in [0.5, 0.6) is 0 Å². The van der Waals surface area contributed by atoms with Gasteiger partial charge in [0.05, 0.1) is 0 Å². The Morgan fingerprint density at radius 2 is 1.24 bits per heavy atom. The predicted octanol–water partition coefficient (Wildman–Crippen LogP) is 10.5. The molecule has 0 saturated carbocycles. The van der Waals surface area contributed by atoms with Crippen LogP contribution in [-0.2, 0) is 0 Å². The van der Waals surface area contributed by atoms with Gasteiger partial charge in [0, 0.05) is 43.2 Å². The van der Waals surface area contributed by atoms with Crippen LogP contribution in [-0.4, -0.2) is 0 Å². The number of nitrogens with zero attached hydrogens (tertiary/aromatic N) is 1. The Morgan fingerprint density at radius 1 is 0.579 bits per heavy atom. The summed E-state index contributed by atoms with van der Waals surface area (Å²) < 4.78 is 2.66. The summed E-state index contributed by atoms with van der Waals surface area (Å²) in [5.41, 5.74) is 7.39. The standard InChI is InChI=1S/C36H27NS/c1-3-9-26(10-4-1)28-15-19-30(20-16-28)37(31-21-17-29(18-22-31)27-11-5-2-6-12-27)32-23-24-36-34(25-32)33-13-7-8-14-35(33)38-36/h1-17,19-25,29H,18H2. The number of fused-ring (bicyclic) bond motifs is 3. The van der Waals surface area contributed by atoms with Crippen LogP contribution in [0.15, 0.2) is 151 Å². The topological polar surface area (TPSA) is 3.24 Å². The highest BCUT2D eigenvalue weighted by atomic mass is 32.1. The molecule has 0 spiro atoms. The lowest BCUT2D eigenvalue weighted by atomic mass is 9.91. The fraction of sp³-hybridized carbons (Fsp3) is 0.0556. The zero-order valence-electron chi connectivity index (χ0n) is 21.0. The summed E-state index contributed by atoms with van der Waals surface area (Å²) in [6.45, 7) is 0. The van der Waals surface area contributed by atoms with Crippen LogP contribution < -0.4 is 4.90 Å². The van der Waals surface area contributed by atoms with Crippen molar-refractivity contribution in [2.45, 2.75) is 12.3 Å². The van der Waals surface area contributed by atoms with Crippen molar-refractivity contribution >= 4 is 42.9 Å². The van der Waals surface area contributed by atoms with Gasteiger partial charge in [-0.25, -0.2) is 0 Å². The normalized spacial score (nSPS) is 15.1. The minimum Gasteiger partial charge on any atom is -0.311 e. The van der Waals surface area contributed by atoms with Gasteiger partial charge in [-0.05, 0) is 65.6 Å². The minimum atomic E-state index is 0.408. The van der Waals surface area contributed by atoms with Gasteiger partial charge in [-0.1, -0.05) is 103 Å². The van der Waals surface area contributed by atoms with Crippen LogP contribution in [0.2, 0.25) is 0 Å². The quantitative estimate of drug-likeness (QED) is 0.225. The lowest BCUT2D eigenvalue weighted by Gasteiger charge is -2.29. The molecule has 0 amide bonds. The molecular weight excluding hydrogens is 478 g/mol. The van der Waals surface area contributed by atoms with Crippen molar-refractivity contribution in [2.24, 2.45) is 0 Å². The van der Waals surface area contributed by atoms with E-state index in [1.54, 1.807) is 0 Å². The Kier molecular flexibility index (Phi) is 5.88. The lowest BCUT2D eigenvalue weighted by Crippen LogP contribution is -2.17. The number of rotatable bonds is 5. The molecule has 7 rings (SSSR count). The second-order valence-electron chi connectivity index (χ2n) is 9.77. The summed E-state index contributed by atoms with van der Waals surface area (Å²) in [5.74, 6) is 0.408. The first-order chi connectivity index (χ1) is 18.8. The van der Waals surface area contributed by atoms with Crippen LogP contribution in [0, 0.1) is 0 Å². The summed E-state index contributed by atoms with van der Waals surface area (Å²) >= 11 is 1.86. The fourth-order valence-corrected chi connectivity index (χ4v) is 6.54. The van der Waals surface area contributed by atoms with Crippen LogP contribution in [0.1, 0.15) is 17.9 Å². The first kappa shape index (κ1) is 22.8. The maximum absolute atomic E-state index is 2.40. The van der Waals surface area contributed by atoms with Crippen molar-refractivity contribution < 1.29 is 0 Å². The maximum atomic E-state index is 2.40. The zero-order valence-corrected chi connectivity index (χ0v) is 21.8. The molecule has 1 unspecified atom stereocenters. The Bertz CT molecular complexity index is 1780. The third-order valence-corrected chi connectivity index (χ3v) is 8.57. The van der Waals surface area contributed by atoms with E-state index >= 15 is 0 Å². The van der Waals surface area contributed by atoms with Gasteiger partial charge in [0.15, 0.2) is 0 Å². The molecule has 38 heavy (non-hydrogen) atoms. The highest BCUT2D eigenvalue weighted by Crippen LogP contribution is 2.40. The predicted molar refractivity (Wildman–Crippen MR) is 164 cm³/mol. The number of anilines is 2. The fourth-order valence-electron chi connectivity index (χ4n) is 5.46. The van der Waals surface area contributed by atoms with E-state index in [1.807, 2.05) is 11.3 Å². The van der Waals surface area contributed by atoms with Gasteiger partial charge in [-0.2, -0.15) is 0 Å². The second kappa shape index (κ2) is 9.81. The number of allylic oxidation sites excluding steroid dienone is 3. The Balaban J connectivity index is 1.31. The van der Waals surface area contributed by atoms with Gasteiger partial charge in [-0.3, -0.25) is 0 Å². The van der Waals surface area contributed by atoms with Gasteiger partial charge in [0.2, 0.25) is 0 Å². The number of benzene rings is 5. The zero-order chi connectivity index (χ0) is 25.3. The van der Waals surface area contributed by atoms with Crippen LogP contribution >= 0.6 is 11.3 Å². The largest absolute Gasteiger partial charge is 0.311 e. The van der Waals surface area contributed by atoms with Gasteiger partial charge in [0.25, 0.3) is 0 Å². The summed E-state index contributed by atoms with van der Waals surface area (Å²) in [6.07, 6.45) is 8.02. The highest BCUT2D eigenvalue weighted by Gasteiger charge is 2.19. The molecule has 182 valence electrons. The summed E-state index contributed by atoms with van der Waals surface area (Å²) in [6, 6.07) is 46.0. The molecule has 1 aliphatic carbocycles. The molecule has 1 heterocycles. The SMILES string of the molecule is C1=CC(c2ccccc2)CC=C1N(c1ccc(-c2ccccc2)cc1)c1ccc2sc3ccccc3c2c1. The van der Waals surface area contributed by atoms with Crippen molar-refractivity contribution in [1.29, 1.82) is 0 Å². The first-order valence-electron chi connectivity index (χ1n) is 13.1. The molecule has 1 nitrogen and oxygen atoms in total. The molecule has 0 aliphatic heterocycles. The van der Waals surface area contributed by atoms with E-state index in [-0.39, 0.29) is 0 Å². The van der Waals surface area contributed by atoms with E-state index < -0.39 is 0 Å². The van der Waals surface area contributed by atoms with E-state index in [2.05, 4.69) is 151 Å². The van der Waals surface area contributed by atoms with Crippen LogP contribution in [0.25, 0.3) is 31.3 Å². The molecule has 1 aliphatic rings. The Labute approximate surface area is 227 Å². The Morgan fingerprint density at radius 3 is 2.00 bits per heavy atom. The molecular formula is C36H27NS. The van der Waals surface area contributed by atoms with Crippen LogP contribution in [0.4, 0.5) is 11.4 Å². The van der Waals surface area contributed by atoms with E-state index in [0.29, 0.717) is 5.92 Å². The van der Waals surface area contributed by atoms with Gasteiger partial charge < -0.3 is 4.90 Å². The second-order valence-corrected chi connectivity index (χ2v) is 10.9. The molecule has 0 radical (unpaired) electrons. The van der Waals surface area contributed by atoms with Crippen molar-refractivity contribution in [3.05, 3.63) is 157 Å². The highest BCUT2D eigenvalue weighted by molar-refractivity contribution is 7.25. The average molecular weight is 506 g/mol. The number of hydrogen-bond donors (Lipinski definition) is 0. The van der Waals surface area contributed by atoms with Crippen molar-refractivity contribution in [3.8, 4) is 11.1 Å². The third kappa shape index (κ3) is 4.23. The molecule has 1 aromatic heterocycles. The van der Waals surface area contributed by atoms with Gasteiger partial charge in [0.1, 0.15) is 0 Å². The van der Waals surface area contributed by atoms with Crippen molar-refractivity contribution in [1.82, 2.24) is 0 Å². The van der Waals surface area contributed by atoms with E-state index in [1.165, 1.54) is 48.2 Å². The summed E-state index contributed by atoms with van der Waals surface area (Å²) in [5, 5.41) is 2.64. The molecule has 0 bridgehead atoms. The first-order valence-corrected chi connectivity index (χ1v) is 14.0. The maximum Gasteiger partial charge on any atom is 0.0468 e. The molecule has 5 aromatic carbocycles. The van der Waals surface area contributed by atoms with Gasteiger partial charge >= 0.3 is 0 Å². The third-order valence-electron chi connectivity index (χ3n) is 7.42. The lowest BCUT2D eigenvalue weighted by molar-refractivity contribution is 0.840. The molecule has 0 saturated heterocycles. The van der Waals surface area contributed by atoms with Crippen LogP contribution in [0.3, 0.4) is 0 Å². The summed E-state index contributed by atoms with van der Waals surface area (Å²) in [7, 11) is 0. The average Bonchev–Trinajstić information content (AvgIpc) is 3.37. The molecule has 1 atom stereocenters. The molecule has 0 fully saturated rings. The van der Waals surface area contributed by atoms with E-state index in [0.717, 1.165) is 12.1 Å². The Hall–Kier alpha value is -4.40. The summed E-state index contributed by atoms with van der Waals surface area (Å²) in [4.78, 5) is 2.40. The number of thiophene rings is 1. The monoisotopic (exact) mass is 505 g/mol. The molecule has 0 N–H and O–H groups in total. The molecule has 2 heteroatoms. The minimum absolute atomic E-state index is 0.408. The van der Waals surface area contributed by atoms with E-state index in [9.17, 15) is 0 Å². The van der Waals surface area contributed by atoms with Gasteiger partial charge in [-0.15, -0.1) is 11.3 Å².